The first-order valence-corrected chi connectivity index (χ1v) is 6.77. The molecule has 0 N–H and O–H groups in total. The van der Waals surface area contributed by atoms with Crippen LogP contribution in [0.5, 0.6) is 0 Å². The number of hydrogen-bond acceptors (Lipinski definition) is 3. The van der Waals surface area contributed by atoms with Gasteiger partial charge in [-0.1, -0.05) is 11.6 Å². The summed E-state index contributed by atoms with van der Waals surface area (Å²) in [6, 6.07) is 6.85. The van der Waals surface area contributed by atoms with E-state index in [4.69, 9.17) is 23.2 Å². The number of nitrogens with zero attached hydrogens (tertiary/aromatic N) is 2. The topological polar surface area (TPSA) is 40.6 Å². The molecule has 1 aromatic rings. The van der Waals surface area contributed by atoms with Crippen LogP contribution in [0.2, 0.25) is 5.02 Å². The van der Waals surface area contributed by atoms with Crippen LogP contribution in [0.1, 0.15) is 10.4 Å². The Morgan fingerprint density at radius 3 is 2.16 bits per heavy atom. The summed E-state index contributed by atoms with van der Waals surface area (Å²) < 4.78 is 0. The monoisotopic (exact) mass is 300 g/mol. The molecule has 0 atom stereocenters. The Balaban J connectivity index is 1.92. The fraction of sp³-hybridized carbons (Fsp3) is 0.385. The summed E-state index contributed by atoms with van der Waals surface area (Å²) in [5.41, 5.74) is 0.631. The largest absolute Gasteiger partial charge is 0.336 e. The predicted octanol–water partition coefficient (Wildman–Crippen LogP) is 1.86. The highest BCUT2D eigenvalue weighted by molar-refractivity contribution is 6.64. The lowest BCUT2D eigenvalue weighted by Gasteiger charge is -2.34. The molecule has 1 saturated heterocycles. The van der Waals surface area contributed by atoms with Crippen LogP contribution < -0.4 is 0 Å². The summed E-state index contributed by atoms with van der Waals surface area (Å²) in [7, 11) is 0. The van der Waals surface area contributed by atoms with Crippen LogP contribution in [0.25, 0.3) is 0 Å². The summed E-state index contributed by atoms with van der Waals surface area (Å²) in [6.07, 6.45) is 0. The van der Waals surface area contributed by atoms with Gasteiger partial charge in [-0.2, -0.15) is 0 Å². The van der Waals surface area contributed by atoms with Crippen molar-refractivity contribution < 1.29 is 9.59 Å². The third-order valence-corrected chi connectivity index (χ3v) is 3.47. The van der Waals surface area contributed by atoms with E-state index in [1.807, 2.05) is 4.90 Å². The molecule has 0 radical (unpaired) electrons. The van der Waals surface area contributed by atoms with Crippen LogP contribution in [-0.4, -0.2) is 53.7 Å². The molecule has 19 heavy (non-hydrogen) atoms. The fourth-order valence-electron chi connectivity index (χ4n) is 2.06. The number of halogens is 2. The van der Waals surface area contributed by atoms with Crippen molar-refractivity contribution >= 4 is 34.4 Å². The minimum absolute atomic E-state index is 0.00600. The highest BCUT2D eigenvalue weighted by atomic mass is 35.5. The number of rotatable bonds is 3. The number of piperazine rings is 1. The van der Waals surface area contributed by atoms with Gasteiger partial charge in [-0.3, -0.25) is 14.5 Å². The van der Waals surface area contributed by atoms with Gasteiger partial charge in [0.05, 0.1) is 6.54 Å². The first kappa shape index (κ1) is 14.3. The summed E-state index contributed by atoms with van der Waals surface area (Å²) in [5, 5.41) is 0.250. The average molecular weight is 301 g/mol. The molecule has 1 amide bonds. The van der Waals surface area contributed by atoms with Gasteiger partial charge in [0.25, 0.3) is 5.91 Å². The minimum atomic E-state index is -0.363. The van der Waals surface area contributed by atoms with Crippen molar-refractivity contribution in [1.82, 2.24) is 9.80 Å². The molecular weight excluding hydrogens is 287 g/mol. The van der Waals surface area contributed by atoms with Crippen LogP contribution in [0.15, 0.2) is 24.3 Å². The SMILES string of the molecule is O=C(Cl)CN1CCN(C(=O)c2ccc(Cl)cc2)CC1. The predicted molar refractivity (Wildman–Crippen MR) is 74.7 cm³/mol. The van der Waals surface area contributed by atoms with Gasteiger partial charge in [0.2, 0.25) is 5.24 Å². The highest BCUT2D eigenvalue weighted by Crippen LogP contribution is 2.13. The van der Waals surface area contributed by atoms with Crippen molar-refractivity contribution in [2.24, 2.45) is 0 Å². The lowest BCUT2D eigenvalue weighted by atomic mass is 10.2. The first-order chi connectivity index (χ1) is 9.06. The van der Waals surface area contributed by atoms with Gasteiger partial charge < -0.3 is 4.90 Å². The van der Waals surface area contributed by atoms with Gasteiger partial charge in [-0.25, -0.2) is 0 Å². The van der Waals surface area contributed by atoms with Crippen LogP contribution >= 0.6 is 23.2 Å². The van der Waals surface area contributed by atoms with E-state index in [1.165, 1.54) is 0 Å². The van der Waals surface area contributed by atoms with Gasteiger partial charge in [0.1, 0.15) is 0 Å². The molecule has 1 fully saturated rings. The molecule has 0 spiro atoms. The van der Waals surface area contributed by atoms with Crippen molar-refractivity contribution in [3.05, 3.63) is 34.9 Å². The lowest BCUT2D eigenvalue weighted by molar-refractivity contribution is -0.113. The Morgan fingerprint density at radius 2 is 1.63 bits per heavy atom. The van der Waals surface area contributed by atoms with E-state index in [2.05, 4.69) is 0 Å². The van der Waals surface area contributed by atoms with E-state index >= 15 is 0 Å². The van der Waals surface area contributed by atoms with Crippen molar-refractivity contribution in [2.75, 3.05) is 32.7 Å². The van der Waals surface area contributed by atoms with E-state index in [-0.39, 0.29) is 17.7 Å². The van der Waals surface area contributed by atoms with Crippen molar-refractivity contribution in [2.45, 2.75) is 0 Å². The van der Waals surface area contributed by atoms with Gasteiger partial charge in [0, 0.05) is 36.8 Å². The maximum Gasteiger partial charge on any atom is 0.253 e. The Labute approximate surface area is 121 Å². The van der Waals surface area contributed by atoms with Crippen molar-refractivity contribution in [1.29, 1.82) is 0 Å². The van der Waals surface area contributed by atoms with Crippen molar-refractivity contribution in [3.63, 3.8) is 0 Å². The fourth-order valence-corrected chi connectivity index (χ4v) is 2.35. The zero-order chi connectivity index (χ0) is 13.8. The van der Waals surface area contributed by atoms with E-state index in [0.29, 0.717) is 36.8 Å². The lowest BCUT2D eigenvalue weighted by Crippen LogP contribution is -2.49. The van der Waals surface area contributed by atoms with Crippen LogP contribution in [0.4, 0.5) is 0 Å². The Hall–Kier alpha value is -1.10. The van der Waals surface area contributed by atoms with Crippen LogP contribution in [0, 0.1) is 0 Å². The standard InChI is InChI=1S/C13H14Cl2N2O2/c14-11-3-1-10(2-4-11)13(19)17-7-5-16(6-8-17)9-12(15)18/h1-4H,5-9H2. The molecule has 0 unspecified atom stereocenters. The van der Waals surface area contributed by atoms with E-state index in [1.54, 1.807) is 29.2 Å². The average Bonchev–Trinajstić information content (AvgIpc) is 2.39. The first-order valence-electron chi connectivity index (χ1n) is 6.02. The molecule has 0 bridgehead atoms. The molecule has 6 heteroatoms. The molecule has 2 rings (SSSR count). The minimum Gasteiger partial charge on any atom is -0.336 e. The molecule has 1 aliphatic rings. The number of hydrogen-bond donors (Lipinski definition) is 0. The van der Waals surface area contributed by atoms with E-state index in [0.717, 1.165) is 0 Å². The number of amides is 1. The Kier molecular flexibility index (Phi) is 4.80. The maximum absolute atomic E-state index is 12.2. The van der Waals surface area contributed by atoms with Gasteiger partial charge in [-0.05, 0) is 35.9 Å². The van der Waals surface area contributed by atoms with Gasteiger partial charge in [0.15, 0.2) is 0 Å². The third-order valence-electron chi connectivity index (χ3n) is 3.10. The molecular formula is C13H14Cl2N2O2. The quantitative estimate of drug-likeness (QED) is 0.800. The maximum atomic E-state index is 12.2. The van der Waals surface area contributed by atoms with E-state index < -0.39 is 0 Å². The summed E-state index contributed by atoms with van der Waals surface area (Å²) >= 11 is 11.1. The molecule has 0 saturated carbocycles. The Bertz CT molecular complexity index is 468. The number of carbonyl (C=O) groups excluding carboxylic acids is 2. The molecule has 0 aromatic heterocycles. The summed E-state index contributed by atoms with van der Waals surface area (Å²) in [6.45, 7) is 2.78. The molecule has 1 aliphatic heterocycles. The summed E-state index contributed by atoms with van der Waals surface area (Å²) in [4.78, 5) is 26.7. The second-order valence-corrected chi connectivity index (χ2v) is 5.29. The van der Waals surface area contributed by atoms with Gasteiger partial charge in [-0.15, -0.1) is 0 Å². The Morgan fingerprint density at radius 1 is 1.05 bits per heavy atom. The molecule has 0 aliphatic carbocycles. The van der Waals surface area contributed by atoms with Crippen LogP contribution in [-0.2, 0) is 4.79 Å². The van der Waals surface area contributed by atoms with Gasteiger partial charge >= 0.3 is 0 Å². The number of carbonyl (C=O) groups is 2. The molecule has 1 aromatic carbocycles. The zero-order valence-corrected chi connectivity index (χ0v) is 11.8. The summed E-state index contributed by atoms with van der Waals surface area (Å²) in [5.74, 6) is -0.00600. The second kappa shape index (κ2) is 6.37. The van der Waals surface area contributed by atoms with Crippen molar-refractivity contribution in [3.8, 4) is 0 Å². The molecule has 102 valence electrons. The number of benzene rings is 1. The zero-order valence-electron chi connectivity index (χ0n) is 10.3. The molecule has 4 nitrogen and oxygen atoms in total. The normalized spacial score (nSPS) is 16.4. The van der Waals surface area contributed by atoms with E-state index in [9.17, 15) is 9.59 Å². The second-order valence-electron chi connectivity index (χ2n) is 4.43. The third kappa shape index (κ3) is 3.93. The smallest absolute Gasteiger partial charge is 0.253 e. The highest BCUT2D eigenvalue weighted by Gasteiger charge is 2.22. The van der Waals surface area contributed by atoms with Crippen LogP contribution in [0.3, 0.4) is 0 Å². The molecule has 1 heterocycles.